The van der Waals surface area contributed by atoms with E-state index < -0.39 is 0 Å². The summed E-state index contributed by atoms with van der Waals surface area (Å²) in [5.41, 5.74) is 1.17. The lowest BCUT2D eigenvalue weighted by atomic mass is 10.1. The summed E-state index contributed by atoms with van der Waals surface area (Å²) in [7, 11) is 3.38. The van der Waals surface area contributed by atoms with E-state index in [-0.39, 0.29) is 17.1 Å². The van der Waals surface area contributed by atoms with E-state index in [4.69, 9.17) is 0 Å². The topological polar surface area (TPSA) is 95.7 Å². The zero-order valence-corrected chi connectivity index (χ0v) is 19.6. The van der Waals surface area contributed by atoms with Crippen LogP contribution in [0.3, 0.4) is 0 Å². The second-order valence-corrected chi connectivity index (χ2v) is 8.14. The lowest BCUT2D eigenvalue weighted by Crippen LogP contribution is -2.22. The molecule has 0 atom stereocenters. The van der Waals surface area contributed by atoms with E-state index in [1.807, 2.05) is 6.07 Å². The van der Waals surface area contributed by atoms with Gasteiger partial charge in [0.25, 0.3) is 5.56 Å². The maximum atomic E-state index is 13.2. The summed E-state index contributed by atoms with van der Waals surface area (Å²) in [6, 6.07) is 18.7. The Morgan fingerprint density at radius 1 is 0.939 bits per heavy atom. The van der Waals surface area contributed by atoms with Gasteiger partial charge in [-0.1, -0.05) is 40.2 Å². The number of aromatic hydroxyl groups is 2. The molecule has 0 aliphatic carbocycles. The van der Waals surface area contributed by atoms with Gasteiger partial charge >= 0.3 is 0 Å². The Hall–Kier alpha value is -3.91. The quantitative estimate of drug-likeness (QED) is 0.398. The summed E-state index contributed by atoms with van der Waals surface area (Å²) in [6.45, 7) is 0. The third-order valence-electron chi connectivity index (χ3n) is 4.54. The van der Waals surface area contributed by atoms with Crippen molar-refractivity contribution in [3.05, 3.63) is 92.9 Å². The van der Waals surface area contributed by atoms with Crippen molar-refractivity contribution >= 4 is 45.4 Å². The summed E-state index contributed by atoms with van der Waals surface area (Å²) in [6.07, 6.45) is 4.06. The van der Waals surface area contributed by atoms with Crippen molar-refractivity contribution in [3.63, 3.8) is 0 Å². The molecule has 168 valence electrons. The van der Waals surface area contributed by atoms with Crippen LogP contribution in [-0.2, 0) is 4.79 Å². The highest BCUT2D eigenvalue weighted by Gasteiger charge is 2.13. The second kappa shape index (κ2) is 10.6. The summed E-state index contributed by atoms with van der Waals surface area (Å²) < 4.78 is 2.18. The molecule has 0 saturated heterocycles. The van der Waals surface area contributed by atoms with E-state index in [1.54, 1.807) is 80.8 Å². The van der Waals surface area contributed by atoms with Gasteiger partial charge in [0.05, 0.1) is 16.6 Å². The van der Waals surface area contributed by atoms with Crippen LogP contribution in [0.25, 0.3) is 28.7 Å². The Labute approximate surface area is 199 Å². The predicted molar refractivity (Wildman–Crippen MR) is 133 cm³/mol. The summed E-state index contributed by atoms with van der Waals surface area (Å²) in [5.74, 6) is 0.419. The van der Waals surface area contributed by atoms with Crippen LogP contribution in [0.4, 0.5) is 0 Å². The number of benzene rings is 3. The van der Waals surface area contributed by atoms with E-state index in [2.05, 4.69) is 20.9 Å². The fourth-order valence-corrected chi connectivity index (χ4v) is 3.35. The molecule has 0 bridgehead atoms. The molecule has 0 spiro atoms. The van der Waals surface area contributed by atoms with Gasteiger partial charge in [0.1, 0.15) is 17.3 Å². The first-order chi connectivity index (χ1) is 15.8. The van der Waals surface area contributed by atoms with Crippen LogP contribution in [0, 0.1) is 0 Å². The molecule has 0 aliphatic heterocycles. The van der Waals surface area contributed by atoms with Crippen molar-refractivity contribution in [2.24, 2.45) is 0 Å². The zero-order valence-electron chi connectivity index (χ0n) is 18.0. The minimum atomic E-state index is -0.287. The van der Waals surface area contributed by atoms with Crippen LogP contribution in [0.5, 0.6) is 11.5 Å². The Balaban J connectivity index is 0.000000555. The average molecular weight is 508 g/mol. The fraction of sp³-hybridized carbons (Fsp3) is 0.0800. The minimum Gasteiger partial charge on any atom is -0.507 e. The van der Waals surface area contributed by atoms with Crippen LogP contribution in [0.2, 0.25) is 0 Å². The number of hydrogen-bond acceptors (Lipinski definition) is 5. The maximum absolute atomic E-state index is 13.2. The Morgan fingerprint density at radius 2 is 1.61 bits per heavy atom. The molecule has 1 aromatic heterocycles. The van der Waals surface area contributed by atoms with Crippen molar-refractivity contribution in [3.8, 4) is 17.2 Å². The number of carbonyl (C=O) groups is 1. The van der Waals surface area contributed by atoms with Crippen LogP contribution < -0.4 is 5.56 Å². The Kier molecular flexibility index (Phi) is 7.63. The molecule has 1 amide bonds. The van der Waals surface area contributed by atoms with Gasteiger partial charge in [-0.15, -0.1) is 0 Å². The van der Waals surface area contributed by atoms with Crippen molar-refractivity contribution in [1.82, 2.24) is 14.5 Å². The van der Waals surface area contributed by atoms with Crippen molar-refractivity contribution < 1.29 is 15.0 Å². The second-order valence-electron chi connectivity index (χ2n) is 7.22. The number of para-hydroxylation sites is 3. The number of carbonyl (C=O) groups excluding carboxylic acids is 1. The number of hydrogen-bond donors (Lipinski definition) is 2. The monoisotopic (exact) mass is 507 g/mol. The Bertz CT molecular complexity index is 1380. The van der Waals surface area contributed by atoms with E-state index in [0.29, 0.717) is 28.0 Å². The zero-order chi connectivity index (χ0) is 24.0. The average Bonchev–Trinajstić information content (AvgIpc) is 2.81. The number of amides is 1. The van der Waals surface area contributed by atoms with Gasteiger partial charge in [-0.2, -0.15) is 0 Å². The summed E-state index contributed by atoms with van der Waals surface area (Å²) in [5, 5.41) is 20.8. The van der Waals surface area contributed by atoms with E-state index in [1.165, 1.54) is 15.5 Å². The third-order valence-corrected chi connectivity index (χ3v) is 5.03. The highest BCUT2D eigenvalue weighted by molar-refractivity contribution is 9.10. The summed E-state index contributed by atoms with van der Waals surface area (Å²) in [4.78, 5) is 28.6. The lowest BCUT2D eigenvalue weighted by Gasteiger charge is -2.12. The molecule has 4 rings (SSSR count). The van der Waals surface area contributed by atoms with Crippen LogP contribution in [-0.4, -0.2) is 45.2 Å². The molecule has 3 aromatic carbocycles. The van der Waals surface area contributed by atoms with Crippen LogP contribution in [0.1, 0.15) is 11.4 Å². The number of nitrogens with zero attached hydrogens (tertiary/aromatic N) is 3. The largest absolute Gasteiger partial charge is 0.507 e. The number of phenols is 2. The molecule has 0 unspecified atom stereocenters. The SMILES string of the molecule is CN(C)C=O.O=c1c2ccccc2nc(/C=C/c2cc(Br)ccc2O)n1-c1ccccc1O. The molecule has 8 heteroatoms. The van der Waals surface area contributed by atoms with Gasteiger partial charge in [0.15, 0.2) is 0 Å². The van der Waals surface area contributed by atoms with Crippen molar-refractivity contribution in [1.29, 1.82) is 0 Å². The van der Waals surface area contributed by atoms with Gasteiger partial charge in [-0.25, -0.2) is 4.98 Å². The van der Waals surface area contributed by atoms with Gasteiger partial charge in [0.2, 0.25) is 6.41 Å². The number of halogens is 1. The first-order valence-electron chi connectivity index (χ1n) is 9.90. The van der Waals surface area contributed by atoms with Gasteiger partial charge in [0, 0.05) is 24.1 Å². The summed E-state index contributed by atoms with van der Waals surface area (Å²) >= 11 is 3.38. The standard InChI is InChI=1S/C22H15BrN2O3.C3H7NO/c23-15-10-11-19(26)14(13-15)9-12-21-24-17-6-2-1-5-16(17)22(28)25(21)18-7-3-4-8-20(18)27;1-4(2)3-5/h1-13,26-27H;3H,1-2H3/b12-9+;. The number of rotatable bonds is 4. The molecule has 0 saturated carbocycles. The van der Waals surface area contributed by atoms with E-state index in [9.17, 15) is 19.8 Å². The van der Waals surface area contributed by atoms with Gasteiger partial charge in [-0.05, 0) is 54.6 Å². The lowest BCUT2D eigenvalue weighted by molar-refractivity contribution is -0.115. The molecule has 0 aliphatic rings. The predicted octanol–water partition coefficient (Wildman–Crippen LogP) is 4.43. The number of phenolic OH excluding ortho intramolecular Hbond substituents is 2. The highest BCUT2D eigenvalue weighted by atomic mass is 79.9. The van der Waals surface area contributed by atoms with E-state index >= 15 is 0 Å². The van der Waals surface area contributed by atoms with Gasteiger partial charge < -0.3 is 15.1 Å². The molecule has 33 heavy (non-hydrogen) atoms. The molecule has 2 N–H and O–H groups in total. The van der Waals surface area contributed by atoms with Crippen LogP contribution in [0.15, 0.2) is 76.0 Å². The van der Waals surface area contributed by atoms with Crippen molar-refractivity contribution in [2.45, 2.75) is 0 Å². The van der Waals surface area contributed by atoms with Crippen LogP contribution >= 0.6 is 15.9 Å². The number of fused-ring (bicyclic) bond motifs is 1. The molecule has 4 aromatic rings. The third kappa shape index (κ3) is 5.67. The number of aromatic nitrogens is 2. The molecule has 1 heterocycles. The fourth-order valence-electron chi connectivity index (χ4n) is 2.97. The van der Waals surface area contributed by atoms with E-state index in [0.717, 1.165) is 10.9 Å². The molecule has 0 fully saturated rings. The molecule has 7 nitrogen and oxygen atoms in total. The maximum Gasteiger partial charge on any atom is 0.266 e. The highest BCUT2D eigenvalue weighted by Crippen LogP contribution is 2.25. The van der Waals surface area contributed by atoms with Gasteiger partial charge in [-0.3, -0.25) is 14.2 Å². The molecular formula is C25H22BrN3O4. The first-order valence-corrected chi connectivity index (χ1v) is 10.7. The van der Waals surface area contributed by atoms with Crippen molar-refractivity contribution in [2.75, 3.05) is 14.1 Å². The smallest absolute Gasteiger partial charge is 0.266 e. The first kappa shape index (κ1) is 23.7. The molecular weight excluding hydrogens is 486 g/mol. The normalized spacial score (nSPS) is 10.6. The Morgan fingerprint density at radius 3 is 2.30 bits per heavy atom. The molecule has 0 radical (unpaired) electrons. The minimum absolute atomic E-state index is 0.0263.